The number of halogens is 3. The van der Waals surface area contributed by atoms with Crippen LogP contribution in [0.25, 0.3) is 22.4 Å². The van der Waals surface area contributed by atoms with Gasteiger partial charge in [0.25, 0.3) is 0 Å². The van der Waals surface area contributed by atoms with Gasteiger partial charge in [-0.15, -0.1) is 0 Å². The van der Waals surface area contributed by atoms with E-state index in [2.05, 4.69) is 17.0 Å². The van der Waals surface area contributed by atoms with E-state index in [1.807, 2.05) is 23.6 Å². The molecule has 172 valence electrons. The van der Waals surface area contributed by atoms with Crippen molar-refractivity contribution in [3.05, 3.63) is 71.2 Å². The Bertz CT molecular complexity index is 1290. The van der Waals surface area contributed by atoms with Crippen molar-refractivity contribution in [2.45, 2.75) is 26.6 Å². The van der Waals surface area contributed by atoms with Gasteiger partial charge in [0, 0.05) is 30.9 Å². The molecule has 0 bridgehead atoms. The highest BCUT2D eigenvalue weighted by Gasteiger charge is 2.33. The number of rotatable bonds is 4. The monoisotopic (exact) mass is 455 g/mol. The average molecular weight is 455 g/mol. The summed E-state index contributed by atoms with van der Waals surface area (Å²) in [6.07, 6.45) is -2.76. The van der Waals surface area contributed by atoms with Crippen molar-refractivity contribution < 1.29 is 22.3 Å². The van der Waals surface area contributed by atoms with Crippen molar-refractivity contribution in [2.75, 3.05) is 31.2 Å². The number of alkyl halides is 3. The number of fused-ring (bicyclic) bond motifs is 1. The number of nitrogens with zero attached hydrogens (tertiary/aromatic N) is 3. The fraction of sp³-hybridized carbons (Fsp3) is 0.320. The van der Waals surface area contributed by atoms with E-state index in [9.17, 15) is 13.2 Å². The third-order valence-electron chi connectivity index (χ3n) is 6.27. The Morgan fingerprint density at radius 2 is 1.82 bits per heavy atom. The zero-order valence-electron chi connectivity index (χ0n) is 18.4. The molecule has 0 radical (unpaired) electrons. The average Bonchev–Trinajstić information content (AvgIpc) is 3.43. The Kier molecular flexibility index (Phi) is 5.40. The van der Waals surface area contributed by atoms with Gasteiger partial charge >= 0.3 is 6.18 Å². The predicted octanol–water partition coefficient (Wildman–Crippen LogP) is 5.82. The van der Waals surface area contributed by atoms with Gasteiger partial charge in [-0.2, -0.15) is 13.2 Å². The Balaban J connectivity index is 1.66. The maximum absolute atomic E-state index is 13.5. The lowest BCUT2D eigenvalue weighted by atomic mass is 10.0. The number of anilines is 1. The minimum absolute atomic E-state index is 0.238. The smallest absolute Gasteiger partial charge is 0.416 e. The molecule has 0 spiro atoms. The molecule has 0 atom stereocenters. The van der Waals surface area contributed by atoms with E-state index >= 15 is 0 Å². The molecule has 2 aromatic heterocycles. The van der Waals surface area contributed by atoms with Gasteiger partial charge in [0.15, 0.2) is 0 Å². The second kappa shape index (κ2) is 8.26. The third kappa shape index (κ3) is 3.99. The summed E-state index contributed by atoms with van der Waals surface area (Å²) >= 11 is 0. The normalized spacial score (nSPS) is 14.9. The van der Waals surface area contributed by atoms with Crippen LogP contribution in [0, 0.1) is 13.8 Å². The van der Waals surface area contributed by atoms with Crippen molar-refractivity contribution in [3.8, 4) is 11.3 Å². The molecule has 0 N–H and O–H groups in total. The summed E-state index contributed by atoms with van der Waals surface area (Å²) in [7, 11) is 0. The van der Waals surface area contributed by atoms with Crippen molar-refractivity contribution >= 4 is 16.7 Å². The molecule has 5 nitrogen and oxygen atoms in total. The van der Waals surface area contributed by atoms with Gasteiger partial charge in [-0.05, 0) is 55.3 Å². The van der Waals surface area contributed by atoms with Gasteiger partial charge in [-0.1, -0.05) is 12.1 Å². The molecule has 1 saturated heterocycles. The Morgan fingerprint density at radius 3 is 2.52 bits per heavy atom. The van der Waals surface area contributed by atoms with Crippen LogP contribution in [0.1, 0.15) is 22.5 Å². The number of ether oxygens (including phenoxy) is 1. The maximum Gasteiger partial charge on any atom is 0.416 e. The van der Waals surface area contributed by atoms with Crippen LogP contribution in [-0.2, 0) is 17.5 Å². The fourth-order valence-electron chi connectivity index (χ4n) is 4.48. The first-order valence-electron chi connectivity index (χ1n) is 10.9. The number of hydrogen-bond acceptors (Lipinski definition) is 4. The Morgan fingerprint density at radius 1 is 1.03 bits per heavy atom. The molecule has 0 unspecified atom stereocenters. The molecule has 2 aromatic carbocycles. The summed E-state index contributed by atoms with van der Waals surface area (Å²) in [5, 5.41) is 0. The molecule has 1 aliphatic rings. The second-order valence-corrected chi connectivity index (χ2v) is 8.27. The minimum Gasteiger partial charge on any atom is -0.464 e. The van der Waals surface area contributed by atoms with Crippen molar-refractivity contribution in [2.24, 2.45) is 0 Å². The molecule has 4 aromatic rings. The topological polar surface area (TPSA) is 43.4 Å². The highest BCUT2D eigenvalue weighted by Crippen LogP contribution is 2.36. The van der Waals surface area contributed by atoms with E-state index in [-0.39, 0.29) is 5.56 Å². The van der Waals surface area contributed by atoms with Gasteiger partial charge in [-0.25, -0.2) is 4.98 Å². The van der Waals surface area contributed by atoms with Gasteiger partial charge in [-0.3, -0.25) is 0 Å². The molecule has 3 heterocycles. The highest BCUT2D eigenvalue weighted by atomic mass is 19.4. The van der Waals surface area contributed by atoms with E-state index in [1.54, 1.807) is 12.3 Å². The van der Waals surface area contributed by atoms with E-state index < -0.39 is 11.7 Å². The number of hydrogen-bond donors (Lipinski definition) is 0. The second-order valence-electron chi connectivity index (χ2n) is 8.27. The number of aryl methyl sites for hydroxylation is 1. The Hall–Kier alpha value is -3.26. The maximum atomic E-state index is 13.5. The van der Waals surface area contributed by atoms with Gasteiger partial charge in [0.05, 0.1) is 36.1 Å². The summed E-state index contributed by atoms with van der Waals surface area (Å²) in [4.78, 5) is 7.04. The molecule has 33 heavy (non-hydrogen) atoms. The number of benzene rings is 2. The molecule has 1 fully saturated rings. The standard InChI is InChI=1S/C25H24F3N3O2/c1-16-18(5-3-6-21(16)25(26,27)28)15-31-17(2)29-24-20(23-7-4-10-33-23)13-19(14-22(24)31)30-8-11-32-12-9-30/h3-7,10,13-14H,8-9,11-12,15H2,1-2H3. The van der Waals surface area contributed by atoms with Crippen LogP contribution in [0.5, 0.6) is 0 Å². The Labute approximate surface area is 189 Å². The first-order valence-corrected chi connectivity index (χ1v) is 10.9. The van der Waals surface area contributed by atoms with Crippen molar-refractivity contribution in [3.63, 3.8) is 0 Å². The number of morpholine rings is 1. The number of imidazole rings is 1. The van der Waals surface area contributed by atoms with Crippen LogP contribution < -0.4 is 4.90 Å². The number of aromatic nitrogens is 2. The highest BCUT2D eigenvalue weighted by molar-refractivity contribution is 5.94. The van der Waals surface area contributed by atoms with Crippen molar-refractivity contribution in [1.29, 1.82) is 0 Å². The molecule has 0 saturated carbocycles. The zero-order valence-corrected chi connectivity index (χ0v) is 18.4. The largest absolute Gasteiger partial charge is 0.464 e. The summed E-state index contributed by atoms with van der Waals surface area (Å²) in [6, 6.07) is 12.2. The lowest BCUT2D eigenvalue weighted by Gasteiger charge is -2.29. The fourth-order valence-corrected chi connectivity index (χ4v) is 4.48. The van der Waals surface area contributed by atoms with Gasteiger partial charge < -0.3 is 18.6 Å². The van der Waals surface area contributed by atoms with E-state index in [0.717, 1.165) is 47.3 Å². The lowest BCUT2D eigenvalue weighted by Crippen LogP contribution is -2.36. The zero-order chi connectivity index (χ0) is 23.2. The third-order valence-corrected chi connectivity index (χ3v) is 6.27. The summed E-state index contributed by atoms with van der Waals surface area (Å²) in [5.41, 5.74) is 3.75. The molecule has 5 rings (SSSR count). The van der Waals surface area contributed by atoms with Crippen molar-refractivity contribution in [1.82, 2.24) is 9.55 Å². The van der Waals surface area contributed by atoms with Gasteiger partial charge in [0.1, 0.15) is 11.6 Å². The van der Waals surface area contributed by atoms with Crippen LogP contribution in [0.15, 0.2) is 53.1 Å². The SMILES string of the molecule is Cc1c(Cn2c(C)nc3c(-c4ccco4)cc(N4CCOCC4)cc32)cccc1C(F)(F)F. The summed E-state index contributed by atoms with van der Waals surface area (Å²) in [6.45, 7) is 6.53. The molecule has 8 heteroatoms. The predicted molar refractivity (Wildman–Crippen MR) is 120 cm³/mol. The van der Waals surface area contributed by atoms with Crippen LogP contribution in [0.2, 0.25) is 0 Å². The van der Waals surface area contributed by atoms with Crippen LogP contribution >= 0.6 is 0 Å². The van der Waals surface area contributed by atoms with E-state index in [1.165, 1.54) is 13.0 Å². The first kappa shape index (κ1) is 21.6. The van der Waals surface area contributed by atoms with Gasteiger partial charge in [0.2, 0.25) is 0 Å². The van der Waals surface area contributed by atoms with E-state index in [4.69, 9.17) is 14.1 Å². The molecule has 1 aliphatic heterocycles. The summed E-state index contributed by atoms with van der Waals surface area (Å²) in [5.74, 6) is 1.43. The molecule has 0 amide bonds. The molecular formula is C25H24F3N3O2. The van der Waals surface area contributed by atoms with Crippen LogP contribution in [-0.4, -0.2) is 35.9 Å². The van der Waals surface area contributed by atoms with Crippen LogP contribution in [0.3, 0.4) is 0 Å². The van der Waals surface area contributed by atoms with E-state index in [0.29, 0.717) is 31.1 Å². The quantitative estimate of drug-likeness (QED) is 0.389. The number of furan rings is 1. The first-order chi connectivity index (χ1) is 15.8. The summed E-state index contributed by atoms with van der Waals surface area (Å²) < 4.78 is 53.6. The van der Waals surface area contributed by atoms with Crippen LogP contribution in [0.4, 0.5) is 18.9 Å². The molecular weight excluding hydrogens is 431 g/mol. The molecule has 0 aliphatic carbocycles. The lowest BCUT2D eigenvalue weighted by molar-refractivity contribution is -0.138. The minimum atomic E-state index is -4.39.